The molecule has 5 heteroatoms. The third-order valence-electron chi connectivity index (χ3n) is 2.37. The molecule has 1 aromatic carbocycles. The van der Waals surface area contributed by atoms with Crippen molar-refractivity contribution in [2.24, 2.45) is 5.73 Å². The van der Waals surface area contributed by atoms with Gasteiger partial charge in [-0.25, -0.2) is 0 Å². The van der Waals surface area contributed by atoms with Crippen LogP contribution in [-0.4, -0.2) is 24.6 Å². The minimum atomic E-state index is -0.907. The summed E-state index contributed by atoms with van der Waals surface area (Å²) in [5.41, 5.74) is 5.97. The molecule has 0 aliphatic carbocycles. The van der Waals surface area contributed by atoms with Gasteiger partial charge in [-0.2, -0.15) is 0 Å². The standard InChI is InChI=1S/C13H17NO4/c1-9-5-3-4-6-11(9)17-8-7-12(15)18-10(2)13(14)16/h3-6,10H,7-8H2,1-2H3,(H2,14,16)/t10-/m1/s1. The zero-order chi connectivity index (χ0) is 13.5. The van der Waals surface area contributed by atoms with Crippen LogP contribution >= 0.6 is 0 Å². The fourth-order valence-electron chi connectivity index (χ4n) is 1.28. The zero-order valence-corrected chi connectivity index (χ0v) is 10.5. The van der Waals surface area contributed by atoms with Gasteiger partial charge in [0.2, 0.25) is 0 Å². The lowest BCUT2D eigenvalue weighted by Gasteiger charge is -2.11. The van der Waals surface area contributed by atoms with Crippen molar-refractivity contribution < 1.29 is 19.1 Å². The molecule has 98 valence electrons. The lowest BCUT2D eigenvalue weighted by atomic mass is 10.2. The number of amides is 1. The van der Waals surface area contributed by atoms with Crippen molar-refractivity contribution in [2.45, 2.75) is 26.4 Å². The van der Waals surface area contributed by atoms with E-state index in [1.807, 2.05) is 31.2 Å². The molecule has 1 atom stereocenters. The Morgan fingerprint density at radius 3 is 2.61 bits per heavy atom. The van der Waals surface area contributed by atoms with Crippen molar-refractivity contribution in [1.82, 2.24) is 0 Å². The van der Waals surface area contributed by atoms with Crippen LogP contribution in [0.25, 0.3) is 0 Å². The molecule has 1 rings (SSSR count). The van der Waals surface area contributed by atoms with Crippen molar-refractivity contribution in [1.29, 1.82) is 0 Å². The number of aryl methyl sites for hydroxylation is 1. The molecule has 0 saturated carbocycles. The van der Waals surface area contributed by atoms with Crippen LogP contribution in [-0.2, 0) is 14.3 Å². The number of benzene rings is 1. The van der Waals surface area contributed by atoms with Crippen molar-refractivity contribution in [2.75, 3.05) is 6.61 Å². The summed E-state index contributed by atoms with van der Waals surface area (Å²) in [6, 6.07) is 7.51. The number of rotatable bonds is 6. The van der Waals surface area contributed by atoms with Crippen LogP contribution < -0.4 is 10.5 Å². The Labute approximate surface area is 106 Å². The maximum atomic E-state index is 11.3. The number of carbonyl (C=O) groups is 2. The van der Waals surface area contributed by atoms with Gasteiger partial charge in [-0.05, 0) is 25.5 Å². The Bertz CT molecular complexity index is 431. The molecule has 0 radical (unpaired) electrons. The van der Waals surface area contributed by atoms with E-state index >= 15 is 0 Å². The van der Waals surface area contributed by atoms with Crippen molar-refractivity contribution in [3.63, 3.8) is 0 Å². The van der Waals surface area contributed by atoms with E-state index in [1.165, 1.54) is 6.92 Å². The lowest BCUT2D eigenvalue weighted by molar-refractivity contribution is -0.154. The lowest BCUT2D eigenvalue weighted by Crippen LogP contribution is -2.30. The van der Waals surface area contributed by atoms with Crippen molar-refractivity contribution in [3.8, 4) is 5.75 Å². The van der Waals surface area contributed by atoms with Gasteiger partial charge in [0, 0.05) is 0 Å². The SMILES string of the molecule is Cc1ccccc1OCCC(=O)O[C@H](C)C(N)=O. The fraction of sp³-hybridized carbons (Fsp3) is 0.385. The number of hydrogen-bond donors (Lipinski definition) is 1. The number of ether oxygens (including phenoxy) is 2. The summed E-state index contributed by atoms with van der Waals surface area (Å²) in [5.74, 6) is -0.439. The predicted molar refractivity (Wildman–Crippen MR) is 66.0 cm³/mol. The Morgan fingerprint density at radius 1 is 1.33 bits per heavy atom. The second-order valence-corrected chi connectivity index (χ2v) is 3.90. The van der Waals surface area contributed by atoms with Crippen molar-refractivity contribution in [3.05, 3.63) is 29.8 Å². The Kier molecular flexibility index (Phi) is 5.17. The van der Waals surface area contributed by atoms with Crippen LogP contribution in [0.4, 0.5) is 0 Å². The van der Waals surface area contributed by atoms with E-state index in [0.29, 0.717) is 0 Å². The largest absolute Gasteiger partial charge is 0.493 e. The van der Waals surface area contributed by atoms with Gasteiger partial charge in [0.25, 0.3) is 5.91 Å². The van der Waals surface area contributed by atoms with Gasteiger partial charge in [0.05, 0.1) is 13.0 Å². The third-order valence-corrected chi connectivity index (χ3v) is 2.37. The Morgan fingerprint density at radius 2 is 2.00 bits per heavy atom. The molecular formula is C13H17NO4. The van der Waals surface area contributed by atoms with E-state index in [9.17, 15) is 9.59 Å². The first-order valence-electron chi connectivity index (χ1n) is 5.68. The van der Waals surface area contributed by atoms with Crippen LogP contribution in [0.2, 0.25) is 0 Å². The van der Waals surface area contributed by atoms with E-state index < -0.39 is 18.0 Å². The Hall–Kier alpha value is -2.04. The number of primary amides is 1. The number of carbonyl (C=O) groups excluding carboxylic acids is 2. The monoisotopic (exact) mass is 251 g/mol. The number of hydrogen-bond acceptors (Lipinski definition) is 4. The van der Waals surface area contributed by atoms with Gasteiger partial charge in [-0.15, -0.1) is 0 Å². The highest BCUT2D eigenvalue weighted by Crippen LogP contribution is 2.16. The minimum absolute atomic E-state index is 0.0754. The van der Waals surface area contributed by atoms with Crippen molar-refractivity contribution >= 4 is 11.9 Å². The van der Waals surface area contributed by atoms with Crippen LogP contribution in [0.15, 0.2) is 24.3 Å². The smallest absolute Gasteiger partial charge is 0.310 e. The molecule has 1 aromatic rings. The maximum absolute atomic E-state index is 11.3. The summed E-state index contributed by atoms with van der Waals surface area (Å²) >= 11 is 0. The third kappa shape index (κ3) is 4.45. The zero-order valence-electron chi connectivity index (χ0n) is 10.5. The molecule has 0 unspecified atom stereocenters. The normalized spacial score (nSPS) is 11.7. The van der Waals surface area contributed by atoms with Crippen LogP contribution in [0, 0.1) is 6.92 Å². The van der Waals surface area contributed by atoms with Crippen LogP contribution in [0.5, 0.6) is 5.75 Å². The maximum Gasteiger partial charge on any atom is 0.310 e. The number of para-hydroxylation sites is 1. The Balaban J connectivity index is 2.32. The quantitative estimate of drug-likeness (QED) is 0.770. The highest BCUT2D eigenvalue weighted by molar-refractivity contribution is 5.81. The van der Waals surface area contributed by atoms with E-state index in [4.69, 9.17) is 15.2 Å². The molecule has 1 amide bonds. The molecule has 5 nitrogen and oxygen atoms in total. The molecule has 0 heterocycles. The van der Waals surface area contributed by atoms with E-state index in [0.717, 1.165) is 11.3 Å². The van der Waals surface area contributed by atoms with Crippen LogP contribution in [0.3, 0.4) is 0 Å². The minimum Gasteiger partial charge on any atom is -0.493 e. The second kappa shape index (κ2) is 6.64. The van der Waals surface area contributed by atoms with E-state index in [2.05, 4.69) is 0 Å². The molecule has 2 N–H and O–H groups in total. The summed E-state index contributed by atoms with van der Waals surface area (Å²) in [7, 11) is 0. The molecule has 0 aromatic heterocycles. The van der Waals surface area contributed by atoms with Gasteiger partial charge in [0.1, 0.15) is 5.75 Å². The summed E-state index contributed by atoms with van der Waals surface area (Å²) in [6.07, 6.45) is -0.831. The number of nitrogens with two attached hydrogens (primary N) is 1. The topological polar surface area (TPSA) is 78.6 Å². The van der Waals surface area contributed by atoms with E-state index in [-0.39, 0.29) is 13.0 Å². The van der Waals surface area contributed by atoms with Gasteiger partial charge in [0.15, 0.2) is 6.10 Å². The highest BCUT2D eigenvalue weighted by atomic mass is 16.5. The molecule has 0 saturated heterocycles. The van der Waals surface area contributed by atoms with Gasteiger partial charge >= 0.3 is 5.97 Å². The van der Waals surface area contributed by atoms with E-state index in [1.54, 1.807) is 0 Å². The first-order valence-corrected chi connectivity index (χ1v) is 5.68. The van der Waals surface area contributed by atoms with Gasteiger partial charge in [-0.3, -0.25) is 9.59 Å². The molecular weight excluding hydrogens is 234 g/mol. The molecule has 0 spiro atoms. The van der Waals surface area contributed by atoms with Crippen LogP contribution in [0.1, 0.15) is 18.9 Å². The first kappa shape index (κ1) is 14.0. The molecule has 0 bridgehead atoms. The average molecular weight is 251 g/mol. The highest BCUT2D eigenvalue weighted by Gasteiger charge is 2.14. The molecule has 18 heavy (non-hydrogen) atoms. The fourth-order valence-corrected chi connectivity index (χ4v) is 1.28. The summed E-state index contributed by atoms with van der Waals surface area (Å²) in [6.45, 7) is 3.56. The van der Waals surface area contributed by atoms with Gasteiger partial charge < -0.3 is 15.2 Å². The summed E-state index contributed by atoms with van der Waals surface area (Å²) in [4.78, 5) is 22.0. The number of esters is 1. The predicted octanol–water partition coefficient (Wildman–Crippen LogP) is 1.18. The average Bonchev–Trinajstić information content (AvgIpc) is 2.31. The summed E-state index contributed by atoms with van der Waals surface area (Å²) < 4.78 is 10.2. The van der Waals surface area contributed by atoms with Gasteiger partial charge in [-0.1, -0.05) is 18.2 Å². The summed E-state index contributed by atoms with van der Waals surface area (Å²) in [5, 5.41) is 0. The molecule has 0 fully saturated rings. The second-order valence-electron chi connectivity index (χ2n) is 3.90. The molecule has 0 aliphatic rings. The molecule has 0 aliphatic heterocycles. The first-order chi connectivity index (χ1) is 8.50.